The Bertz CT molecular complexity index is 1160. The largest absolute Gasteiger partial charge is 0.408 e. The van der Waals surface area contributed by atoms with E-state index >= 15 is 0 Å². The summed E-state index contributed by atoms with van der Waals surface area (Å²) in [4.78, 5) is 31.4. The van der Waals surface area contributed by atoms with Crippen LogP contribution in [0.5, 0.6) is 0 Å². The monoisotopic (exact) mass is 432 g/mol. The molecule has 0 saturated carbocycles. The van der Waals surface area contributed by atoms with Crippen LogP contribution in [0.1, 0.15) is 22.8 Å². The lowest BCUT2D eigenvalue weighted by Crippen LogP contribution is -2.48. The molecule has 1 aromatic carbocycles. The zero-order chi connectivity index (χ0) is 22.3. The van der Waals surface area contributed by atoms with Crippen molar-refractivity contribution in [3.8, 4) is 0 Å². The van der Waals surface area contributed by atoms with E-state index < -0.39 is 30.6 Å². The maximum Gasteiger partial charge on any atom is 0.408 e. The van der Waals surface area contributed by atoms with Crippen LogP contribution in [0, 0.1) is 0 Å². The fraction of sp³-hybridized carbons (Fsp3) is 0.300. The average Bonchev–Trinajstić information content (AvgIpc) is 3.31. The summed E-state index contributed by atoms with van der Waals surface area (Å²) in [6.07, 6.45) is -1.32. The first-order valence-electron chi connectivity index (χ1n) is 9.45. The van der Waals surface area contributed by atoms with Gasteiger partial charge >= 0.3 is 6.18 Å². The van der Waals surface area contributed by atoms with Gasteiger partial charge in [0.05, 0.1) is 29.3 Å². The van der Waals surface area contributed by atoms with E-state index in [1.54, 1.807) is 30.6 Å². The van der Waals surface area contributed by atoms with Crippen LogP contribution in [0.4, 0.5) is 24.5 Å². The number of carbonyl (C=O) groups excluding carboxylic acids is 2. The van der Waals surface area contributed by atoms with Gasteiger partial charge in [-0.3, -0.25) is 14.7 Å². The van der Waals surface area contributed by atoms with Gasteiger partial charge in [0.1, 0.15) is 12.6 Å². The normalized spacial score (nSPS) is 14.6. The predicted molar refractivity (Wildman–Crippen MR) is 107 cm³/mol. The van der Waals surface area contributed by atoms with Crippen molar-refractivity contribution >= 4 is 34.2 Å². The maximum absolute atomic E-state index is 13.0. The highest BCUT2D eigenvalue weighted by Gasteiger charge is 2.41. The fourth-order valence-electron chi connectivity index (χ4n) is 3.42. The topological polar surface area (TPSA) is 94.2 Å². The van der Waals surface area contributed by atoms with Gasteiger partial charge in [-0.05, 0) is 24.6 Å². The molecule has 2 amide bonds. The van der Waals surface area contributed by atoms with Crippen molar-refractivity contribution in [3.05, 3.63) is 47.8 Å². The molecule has 0 bridgehead atoms. The van der Waals surface area contributed by atoms with Gasteiger partial charge < -0.3 is 15.1 Å². The zero-order valence-corrected chi connectivity index (χ0v) is 16.7. The number of fused-ring (bicyclic) bond motifs is 2. The lowest BCUT2D eigenvalue weighted by atomic mass is 10.1. The number of hydrogen-bond donors (Lipinski definition) is 2. The molecule has 1 aliphatic heterocycles. The van der Waals surface area contributed by atoms with Crippen molar-refractivity contribution in [2.24, 2.45) is 0 Å². The predicted octanol–water partition coefficient (Wildman–Crippen LogP) is 3.07. The highest BCUT2D eigenvalue weighted by Crippen LogP contribution is 2.32. The number of aromatic nitrogens is 3. The molecule has 0 saturated heterocycles. The number of pyridine rings is 1. The van der Waals surface area contributed by atoms with E-state index in [-0.39, 0.29) is 6.54 Å². The van der Waals surface area contributed by atoms with Crippen molar-refractivity contribution in [1.82, 2.24) is 25.0 Å². The summed E-state index contributed by atoms with van der Waals surface area (Å²) < 4.78 is 38.7. The molecule has 0 fully saturated rings. The number of hydrogen-bond acceptors (Lipinski definition) is 5. The first kappa shape index (κ1) is 20.6. The minimum Gasteiger partial charge on any atom is -0.354 e. The standard InChI is InChI=1S/C20H19F3N6O2/c1-11(20(21,22)23)28(2)16(30)10-29-9-12-4-3-5-15(17(12)19(29)31)26-14-6-13-7-25-27-18(13)24-8-14/h3-8,11,26H,9-10H2,1-2H3,(H,24,25,27). The summed E-state index contributed by atoms with van der Waals surface area (Å²) in [5.41, 5.74) is 2.87. The first-order valence-corrected chi connectivity index (χ1v) is 9.45. The smallest absolute Gasteiger partial charge is 0.354 e. The van der Waals surface area contributed by atoms with E-state index in [0.717, 1.165) is 19.4 Å². The van der Waals surface area contributed by atoms with Crippen LogP contribution >= 0.6 is 0 Å². The molecule has 3 aromatic rings. The maximum atomic E-state index is 13.0. The summed E-state index contributed by atoms with van der Waals surface area (Å²) in [6.45, 7) is 0.612. The molecular formula is C20H19F3N6O2. The number of amides is 2. The number of aromatic amines is 1. The number of likely N-dealkylation sites (N-methyl/N-ethyl adjacent to an activating group) is 1. The van der Waals surface area contributed by atoms with Crippen molar-refractivity contribution in [2.45, 2.75) is 25.7 Å². The van der Waals surface area contributed by atoms with E-state index in [4.69, 9.17) is 0 Å². The molecule has 1 atom stereocenters. The number of halogens is 3. The Balaban J connectivity index is 1.52. The summed E-state index contributed by atoms with van der Waals surface area (Å²) in [6, 6.07) is 5.12. The van der Waals surface area contributed by atoms with Crippen LogP contribution in [0.2, 0.25) is 0 Å². The van der Waals surface area contributed by atoms with Gasteiger partial charge in [-0.1, -0.05) is 12.1 Å². The number of anilines is 2. The molecule has 2 N–H and O–H groups in total. The average molecular weight is 432 g/mol. The van der Waals surface area contributed by atoms with Gasteiger partial charge in [0.2, 0.25) is 5.91 Å². The second-order valence-electron chi connectivity index (χ2n) is 7.38. The number of carbonyl (C=O) groups is 2. The third-order valence-corrected chi connectivity index (χ3v) is 5.36. The molecule has 0 radical (unpaired) electrons. The van der Waals surface area contributed by atoms with E-state index in [0.29, 0.717) is 33.0 Å². The molecule has 1 aliphatic rings. The second-order valence-corrected chi connectivity index (χ2v) is 7.38. The Hall–Kier alpha value is -3.63. The number of nitrogens with zero attached hydrogens (tertiary/aromatic N) is 4. The van der Waals surface area contributed by atoms with Crippen LogP contribution in [0.25, 0.3) is 11.0 Å². The van der Waals surface area contributed by atoms with E-state index in [1.807, 2.05) is 6.07 Å². The molecule has 3 heterocycles. The minimum absolute atomic E-state index is 0.142. The highest BCUT2D eigenvalue weighted by atomic mass is 19.4. The summed E-state index contributed by atoms with van der Waals surface area (Å²) >= 11 is 0. The molecule has 8 nitrogen and oxygen atoms in total. The third-order valence-electron chi connectivity index (χ3n) is 5.36. The molecule has 1 unspecified atom stereocenters. The van der Waals surface area contributed by atoms with Gasteiger partial charge in [0.15, 0.2) is 5.65 Å². The summed E-state index contributed by atoms with van der Waals surface area (Å²) in [5.74, 6) is -1.20. The van der Waals surface area contributed by atoms with Gasteiger partial charge in [0, 0.05) is 19.0 Å². The molecule has 31 heavy (non-hydrogen) atoms. The third kappa shape index (κ3) is 3.90. The van der Waals surface area contributed by atoms with Crippen molar-refractivity contribution in [3.63, 3.8) is 0 Å². The summed E-state index contributed by atoms with van der Waals surface area (Å²) in [7, 11) is 1.08. The molecule has 0 aliphatic carbocycles. The van der Waals surface area contributed by atoms with E-state index in [9.17, 15) is 22.8 Å². The molecule has 162 valence electrons. The molecule has 0 spiro atoms. The molecule has 2 aromatic heterocycles. The second kappa shape index (κ2) is 7.56. The fourth-order valence-corrected chi connectivity index (χ4v) is 3.42. The number of H-pyrrole nitrogens is 1. The van der Waals surface area contributed by atoms with Crippen molar-refractivity contribution < 1.29 is 22.8 Å². The Kier molecular flexibility index (Phi) is 5.03. The number of nitrogens with one attached hydrogen (secondary N) is 2. The van der Waals surface area contributed by atoms with Gasteiger partial charge in [0.25, 0.3) is 5.91 Å². The number of rotatable bonds is 5. The van der Waals surface area contributed by atoms with Crippen molar-refractivity contribution in [1.29, 1.82) is 0 Å². The van der Waals surface area contributed by atoms with E-state index in [2.05, 4.69) is 20.5 Å². The van der Waals surface area contributed by atoms with Crippen LogP contribution in [-0.2, 0) is 11.3 Å². The quantitative estimate of drug-likeness (QED) is 0.646. The Morgan fingerprint density at radius 1 is 1.35 bits per heavy atom. The SMILES string of the molecule is CC(N(C)C(=O)CN1Cc2cccc(Nc3cnc4[nH]ncc4c3)c2C1=O)C(F)(F)F. The Morgan fingerprint density at radius 3 is 2.87 bits per heavy atom. The molecule has 11 heteroatoms. The Labute approximate surface area is 175 Å². The minimum atomic E-state index is -4.54. The lowest BCUT2D eigenvalue weighted by molar-refractivity contribution is -0.182. The Morgan fingerprint density at radius 2 is 2.13 bits per heavy atom. The first-order chi connectivity index (χ1) is 14.6. The van der Waals surface area contributed by atoms with Crippen LogP contribution in [0.15, 0.2) is 36.7 Å². The van der Waals surface area contributed by atoms with E-state index in [1.165, 1.54) is 4.90 Å². The van der Waals surface area contributed by atoms with Crippen LogP contribution in [-0.4, -0.2) is 62.6 Å². The lowest BCUT2D eigenvalue weighted by Gasteiger charge is -2.28. The van der Waals surface area contributed by atoms with Gasteiger partial charge in [-0.25, -0.2) is 4.98 Å². The van der Waals surface area contributed by atoms with Crippen molar-refractivity contribution in [2.75, 3.05) is 18.9 Å². The highest BCUT2D eigenvalue weighted by molar-refractivity contribution is 6.05. The van der Waals surface area contributed by atoms with Gasteiger partial charge in [-0.15, -0.1) is 0 Å². The van der Waals surface area contributed by atoms with Crippen LogP contribution < -0.4 is 5.32 Å². The summed E-state index contributed by atoms with van der Waals surface area (Å²) in [5, 5.41) is 10.6. The number of alkyl halides is 3. The van der Waals surface area contributed by atoms with Crippen LogP contribution in [0.3, 0.4) is 0 Å². The number of benzene rings is 1. The molecular weight excluding hydrogens is 413 g/mol. The van der Waals surface area contributed by atoms with Gasteiger partial charge in [-0.2, -0.15) is 18.3 Å². The molecule has 4 rings (SSSR count). The zero-order valence-electron chi connectivity index (χ0n) is 16.7.